The van der Waals surface area contributed by atoms with Crippen molar-refractivity contribution in [2.45, 2.75) is 25.9 Å². The van der Waals surface area contributed by atoms with Gasteiger partial charge in [-0.1, -0.05) is 0 Å². The van der Waals surface area contributed by atoms with Gasteiger partial charge in [0.25, 0.3) is 0 Å². The van der Waals surface area contributed by atoms with E-state index in [0.29, 0.717) is 6.10 Å². The van der Waals surface area contributed by atoms with Crippen molar-refractivity contribution in [1.82, 2.24) is 4.90 Å². The number of nitrogens with zero attached hydrogens (tertiary/aromatic N) is 1. The van der Waals surface area contributed by atoms with E-state index in [4.69, 9.17) is 10.5 Å². The summed E-state index contributed by atoms with van der Waals surface area (Å²) in [6.07, 6.45) is 2.81. The highest BCUT2D eigenvalue weighted by molar-refractivity contribution is 5.47. The fourth-order valence-electron chi connectivity index (χ4n) is 3.56. The van der Waals surface area contributed by atoms with Crippen LogP contribution in [-0.2, 0) is 0 Å². The van der Waals surface area contributed by atoms with Gasteiger partial charge in [-0.25, -0.2) is 0 Å². The summed E-state index contributed by atoms with van der Waals surface area (Å²) in [6, 6.07) is 5.91. The number of benzene rings is 1. The van der Waals surface area contributed by atoms with Gasteiger partial charge in [0.1, 0.15) is 5.75 Å². The zero-order chi connectivity index (χ0) is 12.7. The average Bonchev–Trinajstić information content (AvgIpc) is 2.79. The molecule has 1 aliphatic carbocycles. The van der Waals surface area contributed by atoms with Gasteiger partial charge in [-0.3, -0.25) is 0 Å². The second-order valence-electron chi connectivity index (χ2n) is 5.98. The quantitative estimate of drug-likeness (QED) is 0.814. The zero-order valence-corrected chi connectivity index (χ0v) is 11.2. The summed E-state index contributed by atoms with van der Waals surface area (Å²) in [5.74, 6) is 2.69. The van der Waals surface area contributed by atoms with Crippen LogP contribution in [0.25, 0.3) is 0 Å². The lowest BCUT2D eigenvalue weighted by molar-refractivity contribution is 0.189. The van der Waals surface area contributed by atoms with Crippen LogP contribution in [0, 0.1) is 18.8 Å². The first-order chi connectivity index (χ1) is 8.61. The van der Waals surface area contributed by atoms with Gasteiger partial charge in [0, 0.05) is 18.8 Å². The van der Waals surface area contributed by atoms with Gasteiger partial charge in [-0.05, 0) is 62.4 Å². The van der Waals surface area contributed by atoms with Crippen LogP contribution >= 0.6 is 0 Å². The minimum Gasteiger partial charge on any atom is -0.490 e. The minimum atomic E-state index is 0.399. The summed E-state index contributed by atoms with van der Waals surface area (Å²) in [6.45, 7) is 4.55. The molecule has 3 heteroatoms. The van der Waals surface area contributed by atoms with Crippen molar-refractivity contribution in [2.24, 2.45) is 11.8 Å². The molecule has 18 heavy (non-hydrogen) atoms. The molecule has 2 fully saturated rings. The van der Waals surface area contributed by atoms with Gasteiger partial charge in [-0.2, -0.15) is 0 Å². The molecule has 3 nitrogen and oxygen atoms in total. The zero-order valence-electron chi connectivity index (χ0n) is 11.2. The van der Waals surface area contributed by atoms with E-state index >= 15 is 0 Å². The largest absolute Gasteiger partial charge is 0.490 e. The molecule has 0 bridgehead atoms. The third kappa shape index (κ3) is 2.19. The summed E-state index contributed by atoms with van der Waals surface area (Å²) in [7, 11) is 2.22. The Morgan fingerprint density at radius 2 is 1.89 bits per heavy atom. The summed E-state index contributed by atoms with van der Waals surface area (Å²) in [5.41, 5.74) is 7.72. The highest BCUT2D eigenvalue weighted by Crippen LogP contribution is 2.39. The average molecular weight is 246 g/mol. The molecular formula is C15H22N2O. The van der Waals surface area contributed by atoms with Crippen molar-refractivity contribution in [3.8, 4) is 5.75 Å². The highest BCUT2D eigenvalue weighted by atomic mass is 16.5. The molecule has 1 saturated heterocycles. The van der Waals surface area contributed by atoms with Crippen molar-refractivity contribution in [1.29, 1.82) is 0 Å². The van der Waals surface area contributed by atoms with E-state index in [1.807, 2.05) is 18.2 Å². The second kappa shape index (κ2) is 4.47. The Labute approximate surface area is 109 Å². The first-order valence-electron chi connectivity index (χ1n) is 6.83. The Bertz CT molecular complexity index is 432. The monoisotopic (exact) mass is 246 g/mol. The Kier molecular flexibility index (Phi) is 2.94. The van der Waals surface area contributed by atoms with Crippen molar-refractivity contribution in [3.63, 3.8) is 0 Å². The van der Waals surface area contributed by atoms with Crippen LogP contribution in [-0.4, -0.2) is 31.1 Å². The minimum absolute atomic E-state index is 0.399. The Morgan fingerprint density at radius 3 is 2.50 bits per heavy atom. The predicted octanol–water partition coefficient (Wildman–Crippen LogP) is 2.30. The number of hydrogen-bond acceptors (Lipinski definition) is 3. The Balaban J connectivity index is 1.65. The Morgan fingerprint density at radius 1 is 1.22 bits per heavy atom. The number of nitrogen functional groups attached to an aromatic ring is 1. The van der Waals surface area contributed by atoms with E-state index in [0.717, 1.165) is 28.8 Å². The maximum atomic E-state index is 6.16. The molecular weight excluding hydrogens is 224 g/mol. The number of hydrogen-bond donors (Lipinski definition) is 1. The lowest BCUT2D eigenvalue weighted by Gasteiger charge is -2.18. The molecule has 1 aromatic carbocycles. The van der Waals surface area contributed by atoms with Crippen molar-refractivity contribution in [3.05, 3.63) is 23.8 Å². The number of anilines is 1. The first-order valence-corrected chi connectivity index (χ1v) is 6.83. The van der Waals surface area contributed by atoms with Crippen LogP contribution in [0.3, 0.4) is 0 Å². The third-order valence-electron chi connectivity index (χ3n) is 4.38. The standard InChI is InChI=1S/C15H22N2O/c1-10-5-13(16)3-4-15(10)18-14-6-11-8-17(2)9-12(11)7-14/h3-5,11-12,14H,6-9,16H2,1-2H3. The maximum Gasteiger partial charge on any atom is 0.122 e. The summed E-state index contributed by atoms with van der Waals surface area (Å²) in [5, 5.41) is 0. The second-order valence-corrected chi connectivity index (χ2v) is 5.98. The lowest BCUT2D eigenvalue weighted by Crippen LogP contribution is -2.20. The van der Waals surface area contributed by atoms with Gasteiger partial charge < -0.3 is 15.4 Å². The third-order valence-corrected chi connectivity index (χ3v) is 4.38. The van der Waals surface area contributed by atoms with E-state index in [1.54, 1.807) is 0 Å². The molecule has 0 aromatic heterocycles. The molecule has 0 radical (unpaired) electrons. The number of fused-ring (bicyclic) bond motifs is 1. The van der Waals surface area contributed by atoms with Crippen LogP contribution in [0.4, 0.5) is 5.69 Å². The van der Waals surface area contributed by atoms with Crippen LogP contribution in [0.15, 0.2) is 18.2 Å². The molecule has 1 saturated carbocycles. The van der Waals surface area contributed by atoms with Crippen LogP contribution in [0.2, 0.25) is 0 Å². The van der Waals surface area contributed by atoms with E-state index in [9.17, 15) is 0 Å². The SMILES string of the molecule is Cc1cc(N)ccc1OC1CC2CN(C)CC2C1. The van der Waals surface area contributed by atoms with Gasteiger partial charge >= 0.3 is 0 Å². The molecule has 1 aliphatic heterocycles. The van der Waals surface area contributed by atoms with E-state index in [-0.39, 0.29) is 0 Å². The summed E-state index contributed by atoms with van der Waals surface area (Å²) >= 11 is 0. The number of nitrogens with two attached hydrogens (primary N) is 1. The van der Waals surface area contributed by atoms with E-state index in [2.05, 4.69) is 18.9 Å². The van der Waals surface area contributed by atoms with Gasteiger partial charge in [0.05, 0.1) is 6.10 Å². The molecule has 0 amide bonds. The number of aryl methyl sites for hydroxylation is 1. The molecule has 1 aromatic rings. The topological polar surface area (TPSA) is 38.5 Å². The van der Waals surface area contributed by atoms with Gasteiger partial charge in [0.15, 0.2) is 0 Å². The predicted molar refractivity (Wildman–Crippen MR) is 73.7 cm³/mol. The highest BCUT2D eigenvalue weighted by Gasteiger charge is 2.40. The smallest absolute Gasteiger partial charge is 0.122 e. The number of likely N-dealkylation sites (tertiary alicyclic amines) is 1. The van der Waals surface area contributed by atoms with Crippen LogP contribution in [0.5, 0.6) is 5.75 Å². The van der Waals surface area contributed by atoms with Crippen molar-refractivity contribution >= 4 is 5.69 Å². The van der Waals surface area contributed by atoms with Crippen molar-refractivity contribution < 1.29 is 4.74 Å². The molecule has 3 rings (SSSR count). The van der Waals surface area contributed by atoms with Gasteiger partial charge in [0.2, 0.25) is 0 Å². The van der Waals surface area contributed by atoms with Crippen molar-refractivity contribution in [2.75, 3.05) is 25.9 Å². The van der Waals surface area contributed by atoms with Crippen LogP contribution < -0.4 is 10.5 Å². The molecule has 2 atom stereocenters. The van der Waals surface area contributed by atoms with Crippen LogP contribution in [0.1, 0.15) is 18.4 Å². The number of ether oxygens (including phenoxy) is 1. The molecule has 2 aliphatic rings. The fraction of sp³-hybridized carbons (Fsp3) is 0.600. The lowest BCUT2D eigenvalue weighted by atomic mass is 10.0. The Hall–Kier alpha value is -1.22. The summed E-state index contributed by atoms with van der Waals surface area (Å²) in [4.78, 5) is 2.44. The molecule has 1 heterocycles. The summed E-state index contributed by atoms with van der Waals surface area (Å²) < 4.78 is 6.16. The molecule has 2 unspecified atom stereocenters. The van der Waals surface area contributed by atoms with Gasteiger partial charge in [-0.15, -0.1) is 0 Å². The molecule has 98 valence electrons. The maximum absolute atomic E-state index is 6.16. The molecule has 2 N–H and O–H groups in total. The van der Waals surface area contributed by atoms with E-state index < -0.39 is 0 Å². The number of rotatable bonds is 2. The fourth-order valence-corrected chi connectivity index (χ4v) is 3.56. The molecule has 0 spiro atoms. The normalized spacial score (nSPS) is 31.6. The first kappa shape index (κ1) is 11.8. The van der Waals surface area contributed by atoms with E-state index in [1.165, 1.54) is 25.9 Å².